The van der Waals surface area contributed by atoms with Crippen LogP contribution in [0.1, 0.15) is 64.7 Å². The number of aryl methyl sites for hydroxylation is 1. The van der Waals surface area contributed by atoms with E-state index in [-0.39, 0.29) is 12.4 Å². The van der Waals surface area contributed by atoms with Crippen molar-refractivity contribution in [2.75, 3.05) is 5.73 Å². The van der Waals surface area contributed by atoms with Crippen LogP contribution in [0.2, 0.25) is 0 Å². The second-order valence-electron chi connectivity index (χ2n) is 5.69. The van der Waals surface area contributed by atoms with Gasteiger partial charge in [0.05, 0.1) is 11.6 Å². The third-order valence-corrected chi connectivity index (χ3v) is 3.94. The highest BCUT2D eigenvalue weighted by atomic mass is 35.5. The fourth-order valence-electron chi connectivity index (χ4n) is 2.65. The van der Waals surface area contributed by atoms with Crippen molar-refractivity contribution in [1.82, 2.24) is 19.7 Å². The van der Waals surface area contributed by atoms with Crippen molar-refractivity contribution in [3.8, 4) is 0 Å². The molecule has 2 rings (SSSR count). The predicted molar refractivity (Wildman–Crippen MR) is 94.2 cm³/mol. The summed E-state index contributed by atoms with van der Waals surface area (Å²) in [6.45, 7) is 3.17. The number of anilines is 1. The predicted octanol–water partition coefficient (Wildman–Crippen LogP) is 4.36. The summed E-state index contributed by atoms with van der Waals surface area (Å²) in [5.41, 5.74) is 6.66. The van der Waals surface area contributed by atoms with Crippen molar-refractivity contribution in [3.63, 3.8) is 0 Å². The Hall–Kier alpha value is -1.36. The average Bonchev–Trinajstić information content (AvgIpc) is 2.90. The molecule has 0 saturated carbocycles. The number of rotatable bonds is 10. The number of aromatic nitrogens is 4. The first-order chi connectivity index (χ1) is 10.3. The summed E-state index contributed by atoms with van der Waals surface area (Å²) in [6.07, 6.45) is 15.2. The Morgan fingerprint density at radius 2 is 1.59 bits per heavy atom. The summed E-state index contributed by atoms with van der Waals surface area (Å²) in [6, 6.07) is 0. The monoisotopic (exact) mass is 325 g/mol. The van der Waals surface area contributed by atoms with E-state index >= 15 is 0 Å². The van der Waals surface area contributed by atoms with Gasteiger partial charge < -0.3 is 5.73 Å². The van der Waals surface area contributed by atoms with Crippen LogP contribution < -0.4 is 5.73 Å². The van der Waals surface area contributed by atoms with E-state index in [1.165, 1.54) is 57.7 Å². The van der Waals surface area contributed by atoms with E-state index < -0.39 is 0 Å². The summed E-state index contributed by atoms with van der Waals surface area (Å²) >= 11 is 0. The Morgan fingerprint density at radius 1 is 0.955 bits per heavy atom. The highest BCUT2D eigenvalue weighted by Crippen LogP contribution is 2.16. The number of nitrogens with zero attached hydrogens (tertiary/aromatic N) is 4. The number of hydrogen-bond acceptors (Lipinski definition) is 4. The first kappa shape index (κ1) is 18.7. The molecule has 2 aromatic heterocycles. The lowest BCUT2D eigenvalue weighted by Crippen LogP contribution is -2.02. The first-order valence-electron chi connectivity index (χ1n) is 8.25. The van der Waals surface area contributed by atoms with Gasteiger partial charge in [-0.25, -0.2) is 14.6 Å². The van der Waals surface area contributed by atoms with E-state index in [0.717, 1.165) is 24.0 Å². The van der Waals surface area contributed by atoms with Gasteiger partial charge in [0.25, 0.3) is 0 Å². The van der Waals surface area contributed by atoms with E-state index in [2.05, 4.69) is 22.0 Å². The molecule has 2 heterocycles. The number of fused-ring (bicyclic) bond motifs is 1. The van der Waals surface area contributed by atoms with Crippen molar-refractivity contribution in [2.24, 2.45) is 0 Å². The highest BCUT2D eigenvalue weighted by Gasteiger charge is 2.06. The second kappa shape index (κ2) is 10.4. The minimum absolute atomic E-state index is 0. The van der Waals surface area contributed by atoms with Crippen molar-refractivity contribution < 1.29 is 0 Å². The number of nitrogen functional groups attached to an aromatic ring is 1. The van der Waals surface area contributed by atoms with E-state index in [1.54, 1.807) is 6.20 Å². The number of unbranched alkanes of at least 4 members (excludes halogenated alkanes) is 8. The van der Waals surface area contributed by atoms with Crippen molar-refractivity contribution in [1.29, 1.82) is 0 Å². The zero-order valence-electron chi connectivity index (χ0n) is 13.5. The zero-order valence-corrected chi connectivity index (χ0v) is 14.3. The molecule has 0 saturated heterocycles. The van der Waals surface area contributed by atoms with Crippen LogP contribution in [0.3, 0.4) is 0 Å². The molecule has 124 valence electrons. The van der Waals surface area contributed by atoms with Crippen molar-refractivity contribution >= 4 is 29.3 Å². The Balaban J connectivity index is 0.00000242. The standard InChI is InChI=1S/C16H27N5.ClH/c1-2-3-4-5-6-7-8-9-10-11-21-16-14(12-20-21)15(17)18-13-19-16;/h12-13H,2-11H2,1H3,(H2,17,18,19);1H. The molecule has 22 heavy (non-hydrogen) atoms. The van der Waals surface area contributed by atoms with Gasteiger partial charge in [-0.3, -0.25) is 0 Å². The molecular formula is C16H28ClN5. The smallest absolute Gasteiger partial charge is 0.163 e. The average molecular weight is 326 g/mol. The van der Waals surface area contributed by atoms with Crippen molar-refractivity contribution in [3.05, 3.63) is 12.5 Å². The minimum atomic E-state index is 0. The van der Waals surface area contributed by atoms with Crippen LogP contribution in [0.15, 0.2) is 12.5 Å². The van der Waals surface area contributed by atoms with Crippen LogP contribution in [0, 0.1) is 0 Å². The minimum Gasteiger partial charge on any atom is -0.383 e. The molecule has 6 heteroatoms. The Labute approximate surface area is 139 Å². The summed E-state index contributed by atoms with van der Waals surface area (Å²) in [4.78, 5) is 8.25. The van der Waals surface area contributed by atoms with E-state index in [9.17, 15) is 0 Å². The fourth-order valence-corrected chi connectivity index (χ4v) is 2.65. The van der Waals surface area contributed by atoms with Gasteiger partial charge in [0, 0.05) is 6.54 Å². The lowest BCUT2D eigenvalue weighted by molar-refractivity contribution is 0.523. The largest absolute Gasteiger partial charge is 0.383 e. The van der Waals surface area contributed by atoms with Gasteiger partial charge in [-0.05, 0) is 6.42 Å². The fraction of sp³-hybridized carbons (Fsp3) is 0.688. The van der Waals surface area contributed by atoms with Crippen LogP contribution in [-0.4, -0.2) is 19.7 Å². The van der Waals surface area contributed by atoms with Crippen LogP contribution >= 0.6 is 12.4 Å². The van der Waals surface area contributed by atoms with Crippen LogP contribution in [-0.2, 0) is 6.54 Å². The number of nitrogens with two attached hydrogens (primary N) is 1. The SMILES string of the molecule is CCCCCCCCCCCn1ncc2c(N)ncnc21.Cl. The number of hydrogen-bond donors (Lipinski definition) is 1. The maximum atomic E-state index is 5.81. The van der Waals surface area contributed by atoms with E-state index in [0.29, 0.717) is 5.82 Å². The normalized spacial score (nSPS) is 10.8. The van der Waals surface area contributed by atoms with Crippen LogP contribution in [0.4, 0.5) is 5.82 Å². The quantitative estimate of drug-likeness (QED) is 0.659. The van der Waals surface area contributed by atoms with Crippen LogP contribution in [0.5, 0.6) is 0 Å². The summed E-state index contributed by atoms with van der Waals surface area (Å²) in [5, 5.41) is 5.21. The van der Waals surface area contributed by atoms with Gasteiger partial charge in [-0.2, -0.15) is 5.10 Å². The van der Waals surface area contributed by atoms with E-state index in [4.69, 9.17) is 5.73 Å². The lowest BCUT2D eigenvalue weighted by atomic mass is 10.1. The van der Waals surface area contributed by atoms with Gasteiger partial charge in [0.2, 0.25) is 0 Å². The molecule has 0 aliphatic carbocycles. The molecule has 0 aromatic carbocycles. The lowest BCUT2D eigenvalue weighted by Gasteiger charge is -2.04. The third kappa shape index (κ3) is 5.44. The molecule has 0 atom stereocenters. The summed E-state index contributed by atoms with van der Waals surface area (Å²) in [5.74, 6) is 0.512. The maximum absolute atomic E-state index is 5.81. The van der Waals surface area contributed by atoms with Crippen molar-refractivity contribution in [2.45, 2.75) is 71.3 Å². The molecule has 2 aromatic rings. The molecule has 0 spiro atoms. The molecule has 0 amide bonds. The Bertz CT molecular complexity index is 540. The highest BCUT2D eigenvalue weighted by molar-refractivity contribution is 5.85. The molecule has 0 bridgehead atoms. The molecule has 0 unspecified atom stereocenters. The summed E-state index contributed by atoms with van der Waals surface area (Å²) in [7, 11) is 0. The second-order valence-corrected chi connectivity index (χ2v) is 5.69. The number of halogens is 1. The molecule has 0 aliphatic rings. The molecule has 0 aliphatic heterocycles. The topological polar surface area (TPSA) is 69.6 Å². The Morgan fingerprint density at radius 3 is 2.27 bits per heavy atom. The molecule has 0 radical (unpaired) electrons. The van der Waals surface area contributed by atoms with Gasteiger partial charge in [0.15, 0.2) is 5.65 Å². The molecule has 2 N–H and O–H groups in total. The first-order valence-corrected chi connectivity index (χ1v) is 8.25. The molecule has 0 fully saturated rings. The molecular weight excluding hydrogens is 298 g/mol. The van der Waals surface area contributed by atoms with Gasteiger partial charge in [0.1, 0.15) is 12.1 Å². The Kier molecular flexibility index (Phi) is 8.82. The van der Waals surface area contributed by atoms with Gasteiger partial charge >= 0.3 is 0 Å². The third-order valence-electron chi connectivity index (χ3n) is 3.94. The summed E-state index contributed by atoms with van der Waals surface area (Å²) < 4.78 is 1.94. The van der Waals surface area contributed by atoms with E-state index in [1.807, 2.05) is 4.68 Å². The zero-order chi connectivity index (χ0) is 14.9. The van der Waals surface area contributed by atoms with Gasteiger partial charge in [-0.15, -0.1) is 12.4 Å². The van der Waals surface area contributed by atoms with Crippen LogP contribution in [0.25, 0.3) is 11.0 Å². The van der Waals surface area contributed by atoms with Gasteiger partial charge in [-0.1, -0.05) is 58.3 Å². The maximum Gasteiger partial charge on any atom is 0.163 e. The molecule has 5 nitrogen and oxygen atoms in total.